The molecule has 0 atom stereocenters. The molecule has 1 aliphatic rings. The Morgan fingerprint density at radius 1 is 1.15 bits per heavy atom. The fourth-order valence-corrected chi connectivity index (χ4v) is 5.08. The predicted octanol–water partition coefficient (Wildman–Crippen LogP) is 3.35. The Hall–Kier alpha value is -3.53. The molecule has 1 aromatic carbocycles. The minimum absolute atomic E-state index is 0.0233. The first-order valence-corrected chi connectivity index (χ1v) is 11.5. The van der Waals surface area contributed by atoms with Crippen molar-refractivity contribution in [2.45, 2.75) is 13.5 Å². The van der Waals surface area contributed by atoms with Crippen LogP contribution in [0.3, 0.4) is 0 Å². The molecule has 0 spiro atoms. The van der Waals surface area contributed by atoms with Crippen molar-refractivity contribution in [2.24, 2.45) is 0 Å². The highest BCUT2D eigenvalue weighted by atomic mass is 32.1. The third-order valence-electron chi connectivity index (χ3n) is 5.74. The maximum Gasteiger partial charge on any atom is 0.264 e. The van der Waals surface area contributed by atoms with E-state index in [2.05, 4.69) is 20.0 Å². The second-order valence-corrected chi connectivity index (χ2v) is 8.91. The Labute approximate surface area is 194 Å². The smallest absolute Gasteiger partial charge is 0.264 e. The predicted molar refractivity (Wildman–Crippen MR) is 125 cm³/mol. The minimum atomic E-state index is -0.261. The molecule has 0 bridgehead atoms. The molecule has 0 N–H and O–H groups in total. The van der Waals surface area contributed by atoms with E-state index in [4.69, 9.17) is 4.74 Å². The molecule has 8 nitrogen and oxygen atoms in total. The minimum Gasteiger partial charge on any atom is -0.481 e. The molecule has 1 aliphatic heterocycles. The van der Waals surface area contributed by atoms with E-state index in [0.29, 0.717) is 49.4 Å². The number of carbonyl (C=O) groups excluding carboxylic acids is 1. The summed E-state index contributed by atoms with van der Waals surface area (Å²) in [5.41, 5.74) is 1.83. The van der Waals surface area contributed by atoms with Gasteiger partial charge < -0.3 is 14.5 Å². The maximum atomic E-state index is 13.2. The summed E-state index contributed by atoms with van der Waals surface area (Å²) in [6.45, 7) is 4.96. The van der Waals surface area contributed by atoms with Crippen molar-refractivity contribution in [3.8, 4) is 5.88 Å². The number of amides is 1. The van der Waals surface area contributed by atoms with E-state index in [0.717, 1.165) is 21.5 Å². The molecule has 1 fully saturated rings. The van der Waals surface area contributed by atoms with Crippen LogP contribution in [0.25, 0.3) is 10.2 Å². The number of hydrogen-bond donors (Lipinski definition) is 0. The number of aryl methyl sites for hydroxylation is 1. The van der Waals surface area contributed by atoms with E-state index in [1.807, 2.05) is 22.6 Å². The molecule has 4 heterocycles. The highest BCUT2D eigenvalue weighted by molar-refractivity contribution is 7.20. The summed E-state index contributed by atoms with van der Waals surface area (Å²) < 4.78 is 20.3. The van der Waals surface area contributed by atoms with Crippen LogP contribution < -0.4 is 9.64 Å². The van der Waals surface area contributed by atoms with E-state index >= 15 is 0 Å². The summed E-state index contributed by atoms with van der Waals surface area (Å²) in [7, 11) is 1.58. The number of rotatable bonds is 5. The van der Waals surface area contributed by atoms with Gasteiger partial charge in [0.25, 0.3) is 5.91 Å². The number of nitrogens with zero attached hydrogens (tertiary/aromatic N) is 6. The van der Waals surface area contributed by atoms with Crippen molar-refractivity contribution < 1.29 is 13.9 Å². The van der Waals surface area contributed by atoms with E-state index in [-0.39, 0.29) is 11.7 Å². The van der Waals surface area contributed by atoms with E-state index in [9.17, 15) is 9.18 Å². The largest absolute Gasteiger partial charge is 0.481 e. The molecule has 3 aromatic heterocycles. The molecule has 0 saturated carbocycles. The zero-order valence-corrected chi connectivity index (χ0v) is 19.2. The average Bonchev–Trinajstić information content (AvgIpc) is 3.41. The van der Waals surface area contributed by atoms with Crippen LogP contribution in [0.1, 0.15) is 20.9 Å². The third-order valence-corrected chi connectivity index (χ3v) is 6.88. The van der Waals surface area contributed by atoms with Gasteiger partial charge in [-0.3, -0.25) is 9.48 Å². The summed E-state index contributed by atoms with van der Waals surface area (Å²) >= 11 is 1.45. The van der Waals surface area contributed by atoms with E-state index < -0.39 is 0 Å². The Balaban J connectivity index is 1.30. The summed E-state index contributed by atoms with van der Waals surface area (Å²) in [5, 5.41) is 5.60. The summed E-state index contributed by atoms with van der Waals surface area (Å²) in [6, 6.07) is 10.0. The first-order valence-electron chi connectivity index (χ1n) is 10.6. The van der Waals surface area contributed by atoms with Crippen LogP contribution in [-0.2, 0) is 6.54 Å². The number of fused-ring (bicyclic) bond motifs is 1. The maximum absolute atomic E-state index is 13.2. The molecule has 0 unspecified atom stereocenters. The molecule has 33 heavy (non-hydrogen) atoms. The molecule has 4 aromatic rings. The fourth-order valence-electron chi connectivity index (χ4n) is 3.95. The van der Waals surface area contributed by atoms with Gasteiger partial charge in [-0.05, 0) is 30.7 Å². The zero-order chi connectivity index (χ0) is 22.9. The molecule has 10 heteroatoms. The van der Waals surface area contributed by atoms with Gasteiger partial charge in [0, 0.05) is 43.8 Å². The fraction of sp³-hybridized carbons (Fsp3) is 0.304. The quantitative estimate of drug-likeness (QED) is 0.449. The van der Waals surface area contributed by atoms with Crippen LogP contribution in [0.4, 0.5) is 10.3 Å². The standard InChI is InChI=1S/C23H23FN6O2S/c1-15-18-13-19(33-22(18)30(27-15)14-16-3-5-17(24)6-4-16)21(31)28-9-11-29(12-10-28)23-25-8-7-20(26-23)32-2/h3-8,13H,9-12,14H2,1-2H3. The monoisotopic (exact) mass is 466 g/mol. The van der Waals surface area contributed by atoms with Crippen molar-refractivity contribution in [1.29, 1.82) is 0 Å². The van der Waals surface area contributed by atoms with Crippen LogP contribution in [0.5, 0.6) is 5.88 Å². The molecule has 0 radical (unpaired) electrons. The lowest BCUT2D eigenvalue weighted by Crippen LogP contribution is -2.49. The van der Waals surface area contributed by atoms with Crippen molar-refractivity contribution in [2.75, 3.05) is 38.2 Å². The van der Waals surface area contributed by atoms with Gasteiger partial charge in [-0.1, -0.05) is 12.1 Å². The SMILES string of the molecule is COc1ccnc(N2CCN(C(=O)c3cc4c(C)nn(Cc5ccc(F)cc5)c4s3)CC2)n1. The third kappa shape index (κ3) is 4.25. The van der Waals surface area contributed by atoms with Gasteiger partial charge in [-0.25, -0.2) is 9.37 Å². The number of methoxy groups -OCH3 is 1. The second-order valence-electron chi connectivity index (χ2n) is 7.88. The van der Waals surface area contributed by atoms with Crippen molar-refractivity contribution in [3.63, 3.8) is 0 Å². The number of halogens is 1. The Bertz CT molecular complexity index is 1290. The van der Waals surface area contributed by atoms with Crippen LogP contribution in [0, 0.1) is 12.7 Å². The van der Waals surface area contributed by atoms with Crippen LogP contribution in [0.2, 0.25) is 0 Å². The number of piperazine rings is 1. The summed E-state index contributed by atoms with van der Waals surface area (Å²) in [6.07, 6.45) is 1.67. The first-order chi connectivity index (χ1) is 16.0. The highest BCUT2D eigenvalue weighted by Gasteiger charge is 2.26. The lowest BCUT2D eigenvalue weighted by molar-refractivity contribution is 0.0751. The lowest BCUT2D eigenvalue weighted by Gasteiger charge is -2.34. The molecule has 1 amide bonds. The Kier molecular flexibility index (Phi) is 5.67. The highest BCUT2D eigenvalue weighted by Crippen LogP contribution is 2.30. The van der Waals surface area contributed by atoms with Crippen molar-refractivity contribution in [3.05, 3.63) is 64.5 Å². The van der Waals surface area contributed by atoms with E-state index in [1.54, 1.807) is 31.5 Å². The van der Waals surface area contributed by atoms with Gasteiger partial charge in [-0.15, -0.1) is 11.3 Å². The molecular weight excluding hydrogens is 443 g/mol. The normalized spacial score (nSPS) is 14.2. The number of hydrogen-bond acceptors (Lipinski definition) is 7. The molecule has 5 rings (SSSR count). The average molecular weight is 467 g/mol. The number of benzene rings is 1. The topological polar surface area (TPSA) is 76.4 Å². The van der Waals surface area contributed by atoms with E-state index in [1.165, 1.54) is 23.5 Å². The van der Waals surface area contributed by atoms with Crippen LogP contribution >= 0.6 is 11.3 Å². The van der Waals surface area contributed by atoms with Crippen LogP contribution in [-0.4, -0.2) is 63.8 Å². The first kappa shape index (κ1) is 21.3. The second kappa shape index (κ2) is 8.78. The molecule has 0 aliphatic carbocycles. The summed E-state index contributed by atoms with van der Waals surface area (Å²) in [4.78, 5) is 27.5. The molecule has 170 valence electrons. The zero-order valence-electron chi connectivity index (χ0n) is 18.4. The van der Waals surface area contributed by atoms with Crippen molar-refractivity contribution in [1.82, 2.24) is 24.6 Å². The van der Waals surface area contributed by atoms with Gasteiger partial charge in [0.05, 0.1) is 24.2 Å². The number of anilines is 1. The summed E-state index contributed by atoms with van der Waals surface area (Å²) in [5.74, 6) is 0.895. The number of carbonyl (C=O) groups is 1. The number of thiophene rings is 1. The number of ether oxygens (including phenoxy) is 1. The Morgan fingerprint density at radius 3 is 2.64 bits per heavy atom. The number of aromatic nitrogens is 4. The van der Waals surface area contributed by atoms with Gasteiger partial charge >= 0.3 is 0 Å². The molecule has 1 saturated heterocycles. The van der Waals surface area contributed by atoms with Crippen molar-refractivity contribution >= 4 is 33.4 Å². The van der Waals surface area contributed by atoms with Crippen LogP contribution in [0.15, 0.2) is 42.6 Å². The lowest BCUT2D eigenvalue weighted by atomic mass is 10.2. The Morgan fingerprint density at radius 2 is 1.91 bits per heavy atom. The van der Waals surface area contributed by atoms with Gasteiger partial charge in [-0.2, -0.15) is 10.1 Å². The molecular formula is C23H23FN6O2S. The van der Waals surface area contributed by atoms with Gasteiger partial charge in [0.1, 0.15) is 10.6 Å². The van der Waals surface area contributed by atoms with Gasteiger partial charge in [0.15, 0.2) is 0 Å². The van der Waals surface area contributed by atoms with Gasteiger partial charge in [0.2, 0.25) is 11.8 Å².